The predicted molar refractivity (Wildman–Crippen MR) is 131 cm³/mol. The minimum Gasteiger partial charge on any atom is -0.497 e. The summed E-state index contributed by atoms with van der Waals surface area (Å²) in [5.74, 6) is -7.72. The van der Waals surface area contributed by atoms with Gasteiger partial charge in [0.15, 0.2) is 0 Å². The molecule has 1 aliphatic heterocycles. The molecule has 8 nitrogen and oxygen atoms in total. The van der Waals surface area contributed by atoms with Crippen LogP contribution in [0.2, 0.25) is 0 Å². The van der Waals surface area contributed by atoms with Crippen molar-refractivity contribution in [3.05, 3.63) is 59.7 Å². The van der Waals surface area contributed by atoms with E-state index in [1.54, 1.807) is 48.5 Å². The molecular weight excluding hydrogens is 548 g/mol. The zero-order valence-electron chi connectivity index (χ0n) is 21.0. The number of benzodiazepines with no additional fused rings is 1. The van der Waals surface area contributed by atoms with Gasteiger partial charge in [-0.25, -0.2) is 4.99 Å². The molecule has 0 bridgehead atoms. The lowest BCUT2D eigenvalue weighted by Gasteiger charge is -2.25. The van der Waals surface area contributed by atoms with E-state index in [4.69, 9.17) is 4.74 Å². The Morgan fingerprint density at radius 3 is 2.10 bits per heavy atom. The highest BCUT2D eigenvalue weighted by Crippen LogP contribution is 2.33. The molecule has 0 fully saturated rings. The molecule has 0 spiro atoms. The van der Waals surface area contributed by atoms with Gasteiger partial charge in [0.25, 0.3) is 5.91 Å². The highest BCUT2D eigenvalue weighted by atomic mass is 19.4. The number of benzene rings is 2. The maximum atomic E-state index is 13.2. The Hall–Kier alpha value is -4.10. The first-order chi connectivity index (χ1) is 18.7. The smallest absolute Gasteiger partial charge is 0.389 e. The molecule has 3 atom stereocenters. The number of fused-ring (bicyclic) bond motifs is 1. The lowest BCUT2D eigenvalue weighted by Crippen LogP contribution is -2.47. The number of aliphatic carboxylic acids is 1. The number of nitrogens with one attached hydrogen (secondary N) is 2. The summed E-state index contributed by atoms with van der Waals surface area (Å²) >= 11 is 0. The zero-order valence-corrected chi connectivity index (χ0v) is 21.0. The summed E-state index contributed by atoms with van der Waals surface area (Å²) < 4.78 is 82.5. The topological polar surface area (TPSA) is 117 Å². The minimum absolute atomic E-state index is 0.209. The molecule has 1 aliphatic rings. The quantitative estimate of drug-likeness (QED) is 0.349. The highest BCUT2D eigenvalue weighted by Gasteiger charge is 2.41. The fourth-order valence-electron chi connectivity index (χ4n) is 4.23. The Kier molecular flexibility index (Phi) is 9.43. The summed E-state index contributed by atoms with van der Waals surface area (Å²) in [5, 5.41) is 14.2. The summed E-state index contributed by atoms with van der Waals surface area (Å²) in [6.45, 7) is 0. The Labute approximate surface area is 224 Å². The number of methoxy groups -OCH3 is 1. The van der Waals surface area contributed by atoms with Crippen LogP contribution in [-0.2, 0) is 14.4 Å². The maximum Gasteiger partial charge on any atom is 0.389 e. The van der Waals surface area contributed by atoms with Gasteiger partial charge in [0, 0.05) is 24.0 Å². The first kappa shape index (κ1) is 30.4. The molecule has 3 rings (SSSR count). The second-order valence-electron chi connectivity index (χ2n) is 9.01. The van der Waals surface area contributed by atoms with Gasteiger partial charge in [-0.1, -0.05) is 18.2 Å². The first-order valence-electron chi connectivity index (χ1n) is 12.0. The number of aliphatic imine (C=N–C) groups is 1. The van der Waals surface area contributed by atoms with Crippen molar-refractivity contribution in [2.24, 2.45) is 16.8 Å². The number of hydrogen-bond acceptors (Lipinski definition) is 5. The van der Waals surface area contributed by atoms with Crippen LogP contribution < -0.4 is 15.4 Å². The number of carboxylic acid groups (broad SMARTS) is 1. The number of ether oxygens (including phenoxy) is 1. The third-order valence-corrected chi connectivity index (χ3v) is 6.21. The van der Waals surface area contributed by atoms with Crippen molar-refractivity contribution < 1.29 is 50.6 Å². The molecule has 2 amide bonds. The van der Waals surface area contributed by atoms with Gasteiger partial charge in [-0.3, -0.25) is 14.4 Å². The van der Waals surface area contributed by atoms with Gasteiger partial charge in [-0.05, 0) is 43.2 Å². The van der Waals surface area contributed by atoms with Crippen LogP contribution in [0, 0.1) is 11.8 Å². The Morgan fingerprint density at radius 1 is 0.975 bits per heavy atom. The molecule has 0 saturated carbocycles. The number of nitrogens with zero attached hydrogens (tertiary/aromatic N) is 1. The number of halogens is 6. The molecule has 2 aromatic carbocycles. The molecule has 1 unspecified atom stereocenters. The van der Waals surface area contributed by atoms with Crippen molar-refractivity contribution in [1.82, 2.24) is 5.32 Å². The average Bonchev–Trinajstić information content (AvgIpc) is 3.00. The van der Waals surface area contributed by atoms with Gasteiger partial charge in [0.2, 0.25) is 12.1 Å². The molecule has 0 radical (unpaired) electrons. The van der Waals surface area contributed by atoms with Crippen LogP contribution in [0.3, 0.4) is 0 Å². The molecule has 14 heteroatoms. The number of carboxylic acids is 1. The van der Waals surface area contributed by atoms with Crippen LogP contribution in [-0.4, -0.2) is 54.2 Å². The van der Waals surface area contributed by atoms with E-state index < -0.39 is 73.8 Å². The molecule has 2 aromatic rings. The van der Waals surface area contributed by atoms with E-state index in [1.165, 1.54) is 7.11 Å². The third-order valence-electron chi connectivity index (χ3n) is 6.21. The van der Waals surface area contributed by atoms with Gasteiger partial charge >= 0.3 is 18.3 Å². The van der Waals surface area contributed by atoms with Crippen molar-refractivity contribution in [3.8, 4) is 5.75 Å². The van der Waals surface area contributed by atoms with E-state index in [0.717, 1.165) is 0 Å². The number of carbonyl (C=O) groups excluding carboxylic acids is 2. The van der Waals surface area contributed by atoms with E-state index >= 15 is 0 Å². The molecule has 40 heavy (non-hydrogen) atoms. The van der Waals surface area contributed by atoms with Crippen LogP contribution in [0.1, 0.15) is 36.8 Å². The average molecular weight is 573 g/mol. The van der Waals surface area contributed by atoms with Gasteiger partial charge < -0.3 is 20.5 Å². The van der Waals surface area contributed by atoms with Gasteiger partial charge in [0.05, 0.1) is 30.3 Å². The lowest BCUT2D eigenvalue weighted by atomic mass is 9.84. The third kappa shape index (κ3) is 8.20. The van der Waals surface area contributed by atoms with E-state index in [0.29, 0.717) is 22.6 Å². The second-order valence-corrected chi connectivity index (χ2v) is 9.01. The van der Waals surface area contributed by atoms with Crippen molar-refractivity contribution >= 4 is 29.2 Å². The van der Waals surface area contributed by atoms with Crippen LogP contribution in [0.5, 0.6) is 5.75 Å². The van der Waals surface area contributed by atoms with E-state index in [1.807, 2.05) is 0 Å². The molecule has 3 N–H and O–H groups in total. The number of hydrogen-bond donors (Lipinski definition) is 3. The SMILES string of the molecule is COc1ccc(C2=NC(NC(=O)[C@H](CCC(F)(F)F)[C@H](CCC(F)(F)F)C(=O)O)C(=O)Nc3ccccc32)cc1. The van der Waals surface area contributed by atoms with E-state index in [9.17, 15) is 45.8 Å². The zero-order chi connectivity index (χ0) is 29.7. The first-order valence-corrected chi connectivity index (χ1v) is 12.0. The summed E-state index contributed by atoms with van der Waals surface area (Å²) in [4.78, 5) is 42.3. The number of alkyl halides is 6. The largest absolute Gasteiger partial charge is 0.497 e. The van der Waals surface area contributed by atoms with Gasteiger partial charge in [0.1, 0.15) is 5.75 Å². The number of amides is 2. The maximum absolute atomic E-state index is 13.2. The normalized spacial score (nSPS) is 17.0. The lowest BCUT2D eigenvalue weighted by molar-refractivity contribution is -0.159. The Bertz CT molecular complexity index is 1260. The molecule has 0 aromatic heterocycles. The summed E-state index contributed by atoms with van der Waals surface area (Å²) in [6.07, 6.45) is -16.8. The minimum atomic E-state index is -4.81. The molecule has 216 valence electrons. The van der Waals surface area contributed by atoms with Crippen molar-refractivity contribution in [3.63, 3.8) is 0 Å². The fraction of sp³-hybridized carbons (Fsp3) is 0.385. The Balaban J connectivity index is 1.98. The number of para-hydroxylation sites is 1. The predicted octanol–water partition coefficient (Wildman–Crippen LogP) is 4.93. The molecule has 0 saturated heterocycles. The van der Waals surface area contributed by atoms with Gasteiger partial charge in [-0.2, -0.15) is 26.3 Å². The van der Waals surface area contributed by atoms with E-state index in [2.05, 4.69) is 15.6 Å². The van der Waals surface area contributed by atoms with Gasteiger partial charge in [-0.15, -0.1) is 0 Å². The van der Waals surface area contributed by atoms with Crippen LogP contribution in [0.15, 0.2) is 53.5 Å². The number of anilines is 1. The van der Waals surface area contributed by atoms with E-state index in [-0.39, 0.29) is 5.71 Å². The molecule has 0 aliphatic carbocycles. The van der Waals surface area contributed by atoms with Crippen LogP contribution >= 0.6 is 0 Å². The molecular formula is C26H25F6N3O5. The van der Waals surface area contributed by atoms with Crippen molar-refractivity contribution in [1.29, 1.82) is 0 Å². The number of rotatable bonds is 10. The molecule has 1 heterocycles. The highest BCUT2D eigenvalue weighted by molar-refractivity contribution is 6.19. The second kappa shape index (κ2) is 12.4. The van der Waals surface area contributed by atoms with Crippen LogP contribution in [0.4, 0.5) is 32.0 Å². The fourth-order valence-corrected chi connectivity index (χ4v) is 4.23. The van der Waals surface area contributed by atoms with Crippen LogP contribution in [0.25, 0.3) is 0 Å². The number of carbonyl (C=O) groups is 3. The Morgan fingerprint density at radius 2 is 1.55 bits per heavy atom. The monoisotopic (exact) mass is 573 g/mol. The summed E-state index contributed by atoms with van der Waals surface area (Å²) in [5.41, 5.74) is 1.44. The standard InChI is InChI=1S/C26H25F6N3O5/c1-40-15-8-6-14(7-9-15)20-18-4-2-3-5-19(18)33-23(37)21(34-20)35-22(36)16(10-12-25(27,28)29)17(24(38)39)11-13-26(30,31)32/h2-9,16-17,21H,10-13H2,1H3,(H,33,37)(H,35,36)(H,38,39)/t16-,17+,21?/m1/s1. The van der Waals surface area contributed by atoms with Crippen molar-refractivity contribution in [2.45, 2.75) is 44.2 Å². The summed E-state index contributed by atoms with van der Waals surface area (Å²) in [7, 11) is 1.45. The summed E-state index contributed by atoms with van der Waals surface area (Å²) in [6, 6.07) is 12.9. The van der Waals surface area contributed by atoms with Crippen molar-refractivity contribution in [2.75, 3.05) is 12.4 Å².